The van der Waals surface area contributed by atoms with Gasteiger partial charge in [-0.3, -0.25) is 5.84 Å². The number of benzene rings is 1. The van der Waals surface area contributed by atoms with E-state index in [1.165, 1.54) is 0 Å². The number of nitrogens with two attached hydrogens (primary N) is 1. The Morgan fingerprint density at radius 1 is 1.42 bits per heavy atom. The summed E-state index contributed by atoms with van der Waals surface area (Å²) >= 11 is 0. The minimum absolute atomic E-state index is 0.285. The molecule has 0 aliphatic carbocycles. The molecule has 0 saturated heterocycles. The highest BCUT2D eigenvalue weighted by Crippen LogP contribution is 2.00. The predicted molar refractivity (Wildman–Crippen MR) is 47.3 cm³/mol. The second-order valence-electron chi connectivity index (χ2n) is 2.60. The standard InChI is InChI=1S/C9H12N2O/c10-11-9(7-12)6-8-4-2-1-3-5-8/h1-5,7,9,11H,6,10H2/t9-/m0/s1. The van der Waals surface area contributed by atoms with Crippen LogP contribution in [0, 0.1) is 0 Å². The molecular formula is C9H12N2O. The lowest BCUT2D eigenvalue weighted by atomic mass is 10.1. The van der Waals surface area contributed by atoms with Crippen LogP contribution in [0.2, 0.25) is 0 Å². The summed E-state index contributed by atoms with van der Waals surface area (Å²) in [7, 11) is 0. The number of hydrazine groups is 1. The van der Waals surface area contributed by atoms with Crippen LogP contribution in [0.5, 0.6) is 0 Å². The van der Waals surface area contributed by atoms with Crippen LogP contribution >= 0.6 is 0 Å². The van der Waals surface area contributed by atoms with Gasteiger partial charge in [0.15, 0.2) is 0 Å². The third kappa shape index (κ3) is 2.45. The molecule has 64 valence electrons. The number of hydrogen-bond acceptors (Lipinski definition) is 3. The van der Waals surface area contributed by atoms with Gasteiger partial charge in [-0.05, 0) is 12.0 Å². The lowest BCUT2D eigenvalue weighted by Gasteiger charge is -2.07. The zero-order valence-corrected chi connectivity index (χ0v) is 6.73. The van der Waals surface area contributed by atoms with E-state index in [9.17, 15) is 4.79 Å². The maximum atomic E-state index is 10.4. The summed E-state index contributed by atoms with van der Waals surface area (Å²) in [5.74, 6) is 5.15. The van der Waals surface area contributed by atoms with Crippen molar-refractivity contribution in [2.75, 3.05) is 0 Å². The molecular weight excluding hydrogens is 152 g/mol. The summed E-state index contributed by atoms with van der Waals surface area (Å²) < 4.78 is 0. The molecule has 3 heteroatoms. The summed E-state index contributed by atoms with van der Waals surface area (Å²) in [5, 5.41) is 0. The monoisotopic (exact) mass is 164 g/mol. The highest BCUT2D eigenvalue weighted by Gasteiger charge is 2.03. The van der Waals surface area contributed by atoms with E-state index in [0.717, 1.165) is 11.8 Å². The first-order chi connectivity index (χ1) is 5.86. The fraction of sp³-hybridized carbons (Fsp3) is 0.222. The first kappa shape index (κ1) is 8.90. The fourth-order valence-electron chi connectivity index (χ4n) is 1.01. The Balaban J connectivity index is 2.56. The lowest BCUT2D eigenvalue weighted by Crippen LogP contribution is -2.37. The van der Waals surface area contributed by atoms with Crippen LogP contribution in [0.25, 0.3) is 0 Å². The van der Waals surface area contributed by atoms with Crippen molar-refractivity contribution in [2.24, 2.45) is 5.84 Å². The van der Waals surface area contributed by atoms with Crippen LogP contribution in [-0.2, 0) is 11.2 Å². The normalized spacial score (nSPS) is 12.4. The van der Waals surface area contributed by atoms with Crippen molar-refractivity contribution in [3.63, 3.8) is 0 Å². The van der Waals surface area contributed by atoms with Crippen LogP contribution in [0.15, 0.2) is 30.3 Å². The molecule has 0 aromatic heterocycles. The van der Waals surface area contributed by atoms with Gasteiger partial charge in [0, 0.05) is 0 Å². The summed E-state index contributed by atoms with van der Waals surface area (Å²) in [6, 6.07) is 9.46. The zero-order valence-electron chi connectivity index (χ0n) is 6.73. The first-order valence-corrected chi connectivity index (χ1v) is 3.82. The molecule has 0 fully saturated rings. The van der Waals surface area contributed by atoms with Gasteiger partial charge in [0.1, 0.15) is 6.29 Å². The van der Waals surface area contributed by atoms with Crippen molar-refractivity contribution in [2.45, 2.75) is 12.5 Å². The molecule has 0 radical (unpaired) electrons. The average molecular weight is 164 g/mol. The van der Waals surface area contributed by atoms with Gasteiger partial charge in [-0.15, -0.1) is 0 Å². The van der Waals surface area contributed by atoms with E-state index in [2.05, 4.69) is 5.43 Å². The van der Waals surface area contributed by atoms with Gasteiger partial charge < -0.3 is 4.79 Å². The lowest BCUT2D eigenvalue weighted by molar-refractivity contribution is -0.109. The van der Waals surface area contributed by atoms with Crippen LogP contribution in [0.1, 0.15) is 5.56 Å². The molecule has 0 aliphatic rings. The van der Waals surface area contributed by atoms with Gasteiger partial charge in [0.2, 0.25) is 0 Å². The molecule has 3 N–H and O–H groups in total. The largest absolute Gasteiger partial charge is 0.302 e. The first-order valence-electron chi connectivity index (χ1n) is 3.82. The van der Waals surface area contributed by atoms with Gasteiger partial charge in [-0.2, -0.15) is 0 Å². The minimum Gasteiger partial charge on any atom is -0.302 e. The van der Waals surface area contributed by atoms with E-state index in [0.29, 0.717) is 6.42 Å². The van der Waals surface area contributed by atoms with Crippen LogP contribution in [-0.4, -0.2) is 12.3 Å². The Morgan fingerprint density at radius 3 is 2.58 bits per heavy atom. The highest BCUT2D eigenvalue weighted by molar-refractivity contribution is 5.58. The molecule has 1 aromatic rings. The number of carbonyl (C=O) groups excluding carboxylic acids is 1. The number of rotatable bonds is 4. The zero-order chi connectivity index (χ0) is 8.81. The van der Waals surface area contributed by atoms with Crippen molar-refractivity contribution in [3.8, 4) is 0 Å². The molecule has 1 rings (SSSR count). The van der Waals surface area contributed by atoms with E-state index in [1.54, 1.807) is 0 Å². The quantitative estimate of drug-likeness (QED) is 0.381. The van der Waals surface area contributed by atoms with Gasteiger partial charge in [-0.1, -0.05) is 30.3 Å². The predicted octanol–water partition coefficient (Wildman–Crippen LogP) is 0.260. The Kier molecular flexibility index (Phi) is 3.44. The Labute approximate surface area is 71.5 Å². The summed E-state index contributed by atoms with van der Waals surface area (Å²) in [5.41, 5.74) is 3.54. The smallest absolute Gasteiger partial charge is 0.138 e. The second-order valence-corrected chi connectivity index (χ2v) is 2.60. The molecule has 0 spiro atoms. The van der Waals surface area contributed by atoms with Gasteiger partial charge in [0.25, 0.3) is 0 Å². The van der Waals surface area contributed by atoms with E-state index < -0.39 is 0 Å². The molecule has 1 atom stereocenters. The maximum absolute atomic E-state index is 10.4. The van der Waals surface area contributed by atoms with Gasteiger partial charge in [-0.25, -0.2) is 5.43 Å². The fourth-order valence-corrected chi connectivity index (χ4v) is 1.01. The highest BCUT2D eigenvalue weighted by atomic mass is 16.1. The molecule has 0 unspecified atom stereocenters. The van der Waals surface area contributed by atoms with Crippen molar-refractivity contribution in [3.05, 3.63) is 35.9 Å². The number of nitrogens with one attached hydrogen (secondary N) is 1. The topological polar surface area (TPSA) is 55.1 Å². The van der Waals surface area contributed by atoms with Crippen molar-refractivity contribution >= 4 is 6.29 Å². The number of carbonyl (C=O) groups is 1. The Bertz CT molecular complexity index is 236. The molecule has 0 amide bonds. The summed E-state index contributed by atoms with van der Waals surface area (Å²) in [4.78, 5) is 10.4. The van der Waals surface area contributed by atoms with E-state index in [1.807, 2.05) is 30.3 Å². The molecule has 0 bridgehead atoms. The molecule has 12 heavy (non-hydrogen) atoms. The Morgan fingerprint density at radius 2 is 2.08 bits per heavy atom. The molecule has 0 aliphatic heterocycles. The van der Waals surface area contributed by atoms with Crippen molar-refractivity contribution < 1.29 is 4.79 Å². The Hall–Kier alpha value is -1.19. The SMILES string of the molecule is NN[C@H](C=O)Cc1ccccc1. The molecule has 3 nitrogen and oxygen atoms in total. The van der Waals surface area contributed by atoms with Crippen LogP contribution in [0.3, 0.4) is 0 Å². The van der Waals surface area contributed by atoms with Crippen molar-refractivity contribution in [1.82, 2.24) is 5.43 Å². The summed E-state index contributed by atoms with van der Waals surface area (Å²) in [6.45, 7) is 0. The third-order valence-corrected chi connectivity index (χ3v) is 1.68. The van der Waals surface area contributed by atoms with Gasteiger partial charge >= 0.3 is 0 Å². The van der Waals surface area contributed by atoms with Crippen LogP contribution in [0.4, 0.5) is 0 Å². The average Bonchev–Trinajstić information content (AvgIpc) is 2.16. The molecule has 1 aromatic carbocycles. The molecule has 0 heterocycles. The van der Waals surface area contributed by atoms with Crippen molar-refractivity contribution in [1.29, 1.82) is 0 Å². The van der Waals surface area contributed by atoms with E-state index >= 15 is 0 Å². The van der Waals surface area contributed by atoms with E-state index in [-0.39, 0.29) is 6.04 Å². The van der Waals surface area contributed by atoms with E-state index in [4.69, 9.17) is 5.84 Å². The summed E-state index contributed by atoms with van der Waals surface area (Å²) in [6.07, 6.45) is 1.45. The maximum Gasteiger partial charge on any atom is 0.138 e. The number of aldehydes is 1. The molecule has 0 saturated carbocycles. The third-order valence-electron chi connectivity index (χ3n) is 1.68. The van der Waals surface area contributed by atoms with Gasteiger partial charge in [0.05, 0.1) is 6.04 Å². The second kappa shape index (κ2) is 4.64. The number of hydrogen-bond donors (Lipinski definition) is 2. The van der Waals surface area contributed by atoms with Crippen LogP contribution < -0.4 is 11.3 Å². The minimum atomic E-state index is -0.285.